The summed E-state index contributed by atoms with van der Waals surface area (Å²) in [6.45, 7) is 4.53. The van der Waals surface area contributed by atoms with Gasteiger partial charge in [0.1, 0.15) is 0 Å². The van der Waals surface area contributed by atoms with Gasteiger partial charge in [-0.05, 0) is 43.9 Å². The van der Waals surface area contributed by atoms with Crippen LogP contribution in [-0.2, 0) is 5.41 Å². The van der Waals surface area contributed by atoms with Crippen LogP contribution in [0.4, 0.5) is 0 Å². The van der Waals surface area contributed by atoms with Crippen molar-refractivity contribution >= 4 is 0 Å². The van der Waals surface area contributed by atoms with Crippen LogP contribution in [0.3, 0.4) is 0 Å². The quantitative estimate of drug-likeness (QED) is 0.828. The van der Waals surface area contributed by atoms with Gasteiger partial charge in [0.15, 0.2) is 11.5 Å². The second-order valence-electron chi connectivity index (χ2n) is 4.92. The maximum atomic E-state index is 6.11. The Hall–Kier alpha value is -1.22. The molecule has 3 heteroatoms. The highest BCUT2D eigenvalue weighted by Gasteiger charge is 2.48. The summed E-state index contributed by atoms with van der Waals surface area (Å²) in [7, 11) is 0. The highest BCUT2D eigenvalue weighted by molar-refractivity contribution is 5.55. The molecule has 1 aliphatic heterocycles. The third kappa shape index (κ3) is 1.18. The number of fused-ring (bicyclic) bond motifs is 1. The fourth-order valence-electron chi connectivity index (χ4n) is 2.76. The van der Waals surface area contributed by atoms with Gasteiger partial charge in [-0.3, -0.25) is 0 Å². The smallest absolute Gasteiger partial charge is 0.231 e. The summed E-state index contributed by atoms with van der Waals surface area (Å²) in [4.78, 5) is 0. The van der Waals surface area contributed by atoms with Gasteiger partial charge in [-0.2, -0.15) is 0 Å². The molecule has 3 nitrogen and oxygen atoms in total. The molecule has 16 heavy (non-hydrogen) atoms. The van der Waals surface area contributed by atoms with Crippen molar-refractivity contribution in [2.24, 2.45) is 5.73 Å². The monoisotopic (exact) mass is 219 g/mol. The zero-order valence-corrected chi connectivity index (χ0v) is 9.75. The molecule has 2 N–H and O–H groups in total. The second kappa shape index (κ2) is 3.14. The van der Waals surface area contributed by atoms with Crippen molar-refractivity contribution in [1.82, 2.24) is 0 Å². The van der Waals surface area contributed by atoms with Gasteiger partial charge < -0.3 is 15.2 Å². The van der Waals surface area contributed by atoms with E-state index in [2.05, 4.69) is 19.9 Å². The van der Waals surface area contributed by atoms with Crippen LogP contribution in [0.1, 0.15) is 30.9 Å². The van der Waals surface area contributed by atoms with Crippen molar-refractivity contribution in [2.75, 3.05) is 6.79 Å². The summed E-state index contributed by atoms with van der Waals surface area (Å²) in [5.41, 5.74) is 8.83. The van der Waals surface area contributed by atoms with Crippen LogP contribution in [-0.4, -0.2) is 12.8 Å². The Kier molecular flexibility index (Phi) is 1.96. The lowest BCUT2D eigenvalue weighted by atomic mass is 9.86. The largest absolute Gasteiger partial charge is 0.454 e. The Labute approximate surface area is 95.5 Å². The minimum Gasteiger partial charge on any atom is -0.454 e. The first-order chi connectivity index (χ1) is 7.65. The molecule has 2 aliphatic rings. The lowest BCUT2D eigenvalue weighted by Crippen LogP contribution is -2.32. The molecule has 0 spiro atoms. The maximum absolute atomic E-state index is 6.11. The van der Waals surface area contributed by atoms with Crippen LogP contribution in [0.5, 0.6) is 11.5 Å². The molecule has 1 aromatic rings. The first-order valence-electron chi connectivity index (χ1n) is 5.80. The molecule has 0 amide bonds. The van der Waals surface area contributed by atoms with Crippen LogP contribution in [0, 0.1) is 6.92 Å². The van der Waals surface area contributed by atoms with Crippen molar-refractivity contribution in [2.45, 2.75) is 38.1 Å². The molecular formula is C13H17NO2. The van der Waals surface area contributed by atoms with Crippen LogP contribution in [0.15, 0.2) is 12.1 Å². The number of benzene rings is 1. The molecule has 1 heterocycles. The van der Waals surface area contributed by atoms with Crippen LogP contribution in [0.25, 0.3) is 0 Å². The average molecular weight is 219 g/mol. The van der Waals surface area contributed by atoms with E-state index in [-0.39, 0.29) is 11.5 Å². The SMILES string of the molecule is Cc1c(C2(C(C)N)CC2)ccc2c1OCO2. The number of hydrogen-bond donors (Lipinski definition) is 1. The Morgan fingerprint density at radius 3 is 2.69 bits per heavy atom. The standard InChI is InChI=1S/C13H17NO2/c1-8-10(13(5-6-13)9(2)14)3-4-11-12(8)16-7-15-11/h3-4,9H,5-7,14H2,1-2H3. The molecule has 0 saturated heterocycles. The zero-order valence-electron chi connectivity index (χ0n) is 9.75. The Bertz CT molecular complexity index is 436. The Morgan fingerprint density at radius 1 is 1.31 bits per heavy atom. The maximum Gasteiger partial charge on any atom is 0.231 e. The zero-order chi connectivity index (χ0) is 11.3. The predicted octanol–water partition coefficient (Wildman–Crippen LogP) is 2.10. The fraction of sp³-hybridized carbons (Fsp3) is 0.538. The van der Waals surface area contributed by atoms with E-state index >= 15 is 0 Å². The van der Waals surface area contributed by atoms with Crippen molar-refractivity contribution in [3.63, 3.8) is 0 Å². The predicted molar refractivity (Wildman–Crippen MR) is 61.9 cm³/mol. The molecule has 0 radical (unpaired) electrons. The summed E-state index contributed by atoms with van der Waals surface area (Å²) in [6.07, 6.45) is 2.37. The van der Waals surface area contributed by atoms with Gasteiger partial charge in [0, 0.05) is 11.5 Å². The summed E-state index contributed by atoms with van der Waals surface area (Å²) >= 11 is 0. The topological polar surface area (TPSA) is 44.5 Å². The lowest BCUT2D eigenvalue weighted by molar-refractivity contribution is 0.173. The van der Waals surface area contributed by atoms with E-state index in [4.69, 9.17) is 15.2 Å². The third-order valence-electron chi connectivity index (χ3n) is 3.98. The van der Waals surface area contributed by atoms with Crippen molar-refractivity contribution in [3.8, 4) is 11.5 Å². The van der Waals surface area contributed by atoms with Crippen molar-refractivity contribution < 1.29 is 9.47 Å². The second-order valence-corrected chi connectivity index (χ2v) is 4.92. The number of nitrogens with two attached hydrogens (primary N) is 1. The molecule has 3 rings (SSSR count). The van der Waals surface area contributed by atoms with Gasteiger partial charge in [-0.1, -0.05) is 6.07 Å². The number of rotatable bonds is 2. The molecule has 0 aromatic heterocycles. The van der Waals surface area contributed by atoms with E-state index in [1.807, 2.05) is 6.07 Å². The molecule has 1 atom stereocenters. The minimum atomic E-state index is 0.186. The highest BCUT2D eigenvalue weighted by atomic mass is 16.7. The van der Waals surface area contributed by atoms with E-state index in [0.717, 1.165) is 11.5 Å². The summed E-state index contributed by atoms with van der Waals surface area (Å²) in [6, 6.07) is 4.36. The van der Waals surface area contributed by atoms with E-state index < -0.39 is 0 Å². The molecule has 1 unspecified atom stereocenters. The lowest BCUT2D eigenvalue weighted by Gasteiger charge is -2.22. The summed E-state index contributed by atoms with van der Waals surface area (Å²) in [5, 5.41) is 0. The molecule has 1 fully saturated rings. The van der Waals surface area contributed by atoms with Gasteiger partial charge in [0.2, 0.25) is 6.79 Å². The molecule has 86 valence electrons. The Balaban J connectivity index is 2.10. The van der Waals surface area contributed by atoms with Crippen molar-refractivity contribution in [1.29, 1.82) is 0 Å². The molecule has 1 saturated carbocycles. The normalized spacial score (nSPS) is 21.9. The van der Waals surface area contributed by atoms with Gasteiger partial charge in [0.25, 0.3) is 0 Å². The van der Waals surface area contributed by atoms with E-state index in [0.29, 0.717) is 6.79 Å². The molecule has 0 bridgehead atoms. The summed E-state index contributed by atoms with van der Waals surface area (Å²) in [5.74, 6) is 1.77. The molecular weight excluding hydrogens is 202 g/mol. The van der Waals surface area contributed by atoms with E-state index in [9.17, 15) is 0 Å². The summed E-state index contributed by atoms with van der Waals surface area (Å²) < 4.78 is 10.9. The van der Waals surface area contributed by atoms with E-state index in [1.54, 1.807) is 0 Å². The fourth-order valence-corrected chi connectivity index (χ4v) is 2.76. The number of hydrogen-bond acceptors (Lipinski definition) is 3. The van der Waals surface area contributed by atoms with Gasteiger partial charge in [-0.15, -0.1) is 0 Å². The average Bonchev–Trinajstić information content (AvgIpc) is 2.90. The third-order valence-corrected chi connectivity index (χ3v) is 3.98. The van der Waals surface area contributed by atoms with Gasteiger partial charge >= 0.3 is 0 Å². The van der Waals surface area contributed by atoms with Gasteiger partial charge in [0.05, 0.1) is 0 Å². The van der Waals surface area contributed by atoms with E-state index in [1.165, 1.54) is 24.0 Å². The minimum absolute atomic E-state index is 0.186. The van der Waals surface area contributed by atoms with Gasteiger partial charge in [-0.25, -0.2) is 0 Å². The van der Waals surface area contributed by atoms with Crippen LogP contribution >= 0.6 is 0 Å². The number of ether oxygens (including phenoxy) is 2. The first-order valence-corrected chi connectivity index (χ1v) is 5.80. The molecule has 1 aliphatic carbocycles. The Morgan fingerprint density at radius 2 is 2.06 bits per heavy atom. The van der Waals surface area contributed by atoms with Crippen LogP contribution < -0.4 is 15.2 Å². The highest BCUT2D eigenvalue weighted by Crippen LogP contribution is 2.53. The van der Waals surface area contributed by atoms with Crippen LogP contribution in [0.2, 0.25) is 0 Å². The first kappa shape index (κ1) is 9.97. The van der Waals surface area contributed by atoms with Crippen molar-refractivity contribution in [3.05, 3.63) is 23.3 Å². The molecule has 1 aromatic carbocycles.